The van der Waals surface area contributed by atoms with E-state index in [4.69, 9.17) is 5.11 Å². The van der Waals surface area contributed by atoms with Crippen LogP contribution in [0.3, 0.4) is 0 Å². The molecule has 7 heteroatoms. The first-order valence-electron chi connectivity index (χ1n) is 7.20. The Kier molecular flexibility index (Phi) is 4.77. The fourth-order valence-electron chi connectivity index (χ4n) is 2.43. The molecule has 0 aliphatic rings. The van der Waals surface area contributed by atoms with Crippen LogP contribution in [0.5, 0.6) is 0 Å². The molecular formula is C15H19N3O4. The quantitative estimate of drug-likeness (QED) is 0.769. The van der Waals surface area contributed by atoms with Gasteiger partial charge in [0.05, 0.1) is 17.6 Å². The number of carbonyl (C=O) groups excluding carboxylic acids is 1. The van der Waals surface area contributed by atoms with Crippen molar-refractivity contribution in [2.75, 3.05) is 19.7 Å². The normalized spacial score (nSPS) is 10.9. The number of benzene rings is 1. The molecule has 0 aliphatic carbocycles. The minimum absolute atomic E-state index is 0.112. The number of rotatable bonds is 5. The van der Waals surface area contributed by atoms with Crippen LogP contribution < -0.4 is 11.1 Å². The number of aromatic nitrogens is 2. The Hall–Kier alpha value is -2.41. The zero-order valence-electron chi connectivity index (χ0n) is 12.6. The summed E-state index contributed by atoms with van der Waals surface area (Å²) in [5.74, 6) is -0.228. The summed E-state index contributed by atoms with van der Waals surface area (Å²) >= 11 is 0. The van der Waals surface area contributed by atoms with Crippen LogP contribution in [-0.4, -0.2) is 45.2 Å². The minimum Gasteiger partial charge on any atom is -0.395 e. The fraction of sp³-hybridized carbons (Fsp3) is 0.400. The summed E-state index contributed by atoms with van der Waals surface area (Å²) in [7, 11) is 0. The van der Waals surface area contributed by atoms with Crippen molar-refractivity contribution in [2.24, 2.45) is 0 Å². The lowest BCUT2D eigenvalue weighted by molar-refractivity contribution is 0.0732. The van der Waals surface area contributed by atoms with Crippen LogP contribution in [0.2, 0.25) is 0 Å². The van der Waals surface area contributed by atoms with Crippen LogP contribution in [0.4, 0.5) is 0 Å². The number of aliphatic hydroxyl groups is 1. The molecule has 0 bridgehead atoms. The third-order valence-electron chi connectivity index (χ3n) is 3.58. The Bertz CT molecular complexity index is 807. The first kappa shape index (κ1) is 16.0. The molecule has 0 atom stereocenters. The van der Waals surface area contributed by atoms with E-state index in [9.17, 15) is 14.4 Å². The number of hydrogen-bond donors (Lipinski definition) is 2. The highest BCUT2D eigenvalue weighted by Gasteiger charge is 2.15. The number of fused-ring (bicyclic) bond motifs is 1. The van der Waals surface area contributed by atoms with Gasteiger partial charge in [-0.15, -0.1) is 0 Å². The zero-order valence-corrected chi connectivity index (χ0v) is 12.6. The van der Waals surface area contributed by atoms with Crippen molar-refractivity contribution in [2.45, 2.75) is 20.4 Å². The maximum absolute atomic E-state index is 12.4. The highest BCUT2D eigenvalue weighted by atomic mass is 16.3. The molecular weight excluding hydrogens is 286 g/mol. The summed E-state index contributed by atoms with van der Waals surface area (Å²) in [5, 5.41) is 8.99. The van der Waals surface area contributed by atoms with Gasteiger partial charge in [-0.25, -0.2) is 0 Å². The Balaban J connectivity index is 2.56. The number of aryl methyl sites for hydroxylation is 1. The van der Waals surface area contributed by atoms with Crippen molar-refractivity contribution in [3.05, 3.63) is 44.5 Å². The van der Waals surface area contributed by atoms with E-state index in [1.54, 1.807) is 25.1 Å². The smallest absolute Gasteiger partial charge is 0.316 e. The van der Waals surface area contributed by atoms with Gasteiger partial charge in [-0.05, 0) is 32.0 Å². The van der Waals surface area contributed by atoms with Gasteiger partial charge in [-0.3, -0.25) is 14.4 Å². The van der Waals surface area contributed by atoms with Gasteiger partial charge in [0.1, 0.15) is 0 Å². The summed E-state index contributed by atoms with van der Waals surface area (Å²) in [6.45, 7) is 4.59. The third kappa shape index (κ3) is 2.80. The highest BCUT2D eigenvalue weighted by molar-refractivity contribution is 5.97. The van der Waals surface area contributed by atoms with Gasteiger partial charge in [0, 0.05) is 25.2 Å². The van der Waals surface area contributed by atoms with E-state index in [2.05, 4.69) is 4.98 Å². The van der Waals surface area contributed by atoms with E-state index in [0.29, 0.717) is 29.7 Å². The van der Waals surface area contributed by atoms with E-state index in [1.807, 2.05) is 6.92 Å². The summed E-state index contributed by atoms with van der Waals surface area (Å²) in [6.07, 6.45) is 0. The van der Waals surface area contributed by atoms with Crippen molar-refractivity contribution in [1.29, 1.82) is 0 Å². The molecule has 22 heavy (non-hydrogen) atoms. The fourth-order valence-corrected chi connectivity index (χ4v) is 2.43. The summed E-state index contributed by atoms with van der Waals surface area (Å²) in [5.41, 5.74) is 0.108. The molecule has 1 aromatic heterocycles. The minimum atomic E-state index is -0.707. The molecule has 0 aliphatic heterocycles. The SMILES string of the molecule is CCN(CCO)C(=O)c1ccc2c(c1)[nH]c(=O)c(=O)n2CC. The van der Waals surface area contributed by atoms with Crippen molar-refractivity contribution in [3.8, 4) is 0 Å². The van der Waals surface area contributed by atoms with Gasteiger partial charge >= 0.3 is 11.1 Å². The lowest BCUT2D eigenvalue weighted by atomic mass is 10.1. The summed E-state index contributed by atoms with van der Waals surface area (Å²) in [6, 6.07) is 4.83. The number of nitrogens with zero attached hydrogens (tertiary/aromatic N) is 2. The van der Waals surface area contributed by atoms with Crippen molar-refractivity contribution < 1.29 is 9.90 Å². The van der Waals surface area contributed by atoms with Gasteiger partial charge in [0.25, 0.3) is 5.91 Å². The topological polar surface area (TPSA) is 95.4 Å². The summed E-state index contributed by atoms with van der Waals surface area (Å²) in [4.78, 5) is 39.8. The number of hydrogen-bond acceptors (Lipinski definition) is 4. The lowest BCUT2D eigenvalue weighted by Gasteiger charge is -2.20. The molecule has 0 saturated carbocycles. The highest BCUT2D eigenvalue weighted by Crippen LogP contribution is 2.13. The van der Waals surface area contributed by atoms with Gasteiger partial charge in [0.2, 0.25) is 0 Å². The average molecular weight is 305 g/mol. The molecule has 1 amide bonds. The average Bonchev–Trinajstić information content (AvgIpc) is 2.52. The van der Waals surface area contributed by atoms with Crippen LogP contribution in [0.15, 0.2) is 27.8 Å². The third-order valence-corrected chi connectivity index (χ3v) is 3.58. The van der Waals surface area contributed by atoms with Crippen LogP contribution in [0.1, 0.15) is 24.2 Å². The number of H-pyrrole nitrogens is 1. The Labute approximate surface area is 126 Å². The molecule has 0 fully saturated rings. The van der Waals surface area contributed by atoms with Gasteiger partial charge in [0.15, 0.2) is 0 Å². The number of amides is 1. The van der Waals surface area contributed by atoms with E-state index >= 15 is 0 Å². The summed E-state index contributed by atoms with van der Waals surface area (Å²) < 4.78 is 1.37. The van der Waals surface area contributed by atoms with E-state index in [-0.39, 0.29) is 19.1 Å². The molecule has 0 spiro atoms. The van der Waals surface area contributed by atoms with Crippen LogP contribution in [0.25, 0.3) is 11.0 Å². The second kappa shape index (κ2) is 6.57. The zero-order chi connectivity index (χ0) is 16.3. The first-order chi connectivity index (χ1) is 10.5. The van der Waals surface area contributed by atoms with Crippen molar-refractivity contribution in [1.82, 2.24) is 14.5 Å². The molecule has 2 N–H and O–H groups in total. The van der Waals surface area contributed by atoms with Crippen LogP contribution in [-0.2, 0) is 6.54 Å². The van der Waals surface area contributed by atoms with E-state index in [1.165, 1.54) is 9.47 Å². The maximum atomic E-state index is 12.4. The second-order valence-corrected chi connectivity index (χ2v) is 4.84. The standard InChI is InChI=1S/C15H19N3O4/c1-3-17(7-8-19)14(21)10-5-6-12-11(9-10)16-13(20)15(22)18(12)4-2/h5-6,9,19H,3-4,7-8H2,1-2H3,(H,16,20). The molecule has 1 heterocycles. The first-order valence-corrected chi connectivity index (χ1v) is 7.20. The van der Waals surface area contributed by atoms with Gasteiger partial charge in [-0.2, -0.15) is 0 Å². The van der Waals surface area contributed by atoms with Crippen LogP contribution in [0, 0.1) is 0 Å². The monoisotopic (exact) mass is 305 g/mol. The molecule has 0 unspecified atom stereocenters. The molecule has 7 nitrogen and oxygen atoms in total. The number of aromatic amines is 1. The maximum Gasteiger partial charge on any atom is 0.316 e. The number of carbonyl (C=O) groups is 1. The van der Waals surface area contributed by atoms with Crippen molar-refractivity contribution in [3.63, 3.8) is 0 Å². The molecule has 0 radical (unpaired) electrons. The van der Waals surface area contributed by atoms with Crippen molar-refractivity contribution >= 4 is 16.9 Å². The molecule has 0 saturated heterocycles. The van der Waals surface area contributed by atoms with E-state index in [0.717, 1.165) is 0 Å². The molecule has 118 valence electrons. The number of nitrogens with one attached hydrogen (secondary N) is 1. The largest absolute Gasteiger partial charge is 0.395 e. The number of likely N-dealkylation sites (N-methyl/N-ethyl adjacent to an activating group) is 1. The second-order valence-electron chi connectivity index (χ2n) is 4.84. The molecule has 2 aromatic rings. The Morgan fingerprint density at radius 3 is 2.64 bits per heavy atom. The molecule has 2 rings (SSSR count). The predicted octanol–water partition coefficient (Wildman–Crippen LogP) is 0.164. The number of aliphatic hydroxyl groups excluding tert-OH is 1. The predicted molar refractivity (Wildman–Crippen MR) is 83.2 cm³/mol. The Morgan fingerprint density at radius 1 is 1.32 bits per heavy atom. The van der Waals surface area contributed by atoms with Gasteiger partial charge in [-0.1, -0.05) is 0 Å². The Morgan fingerprint density at radius 2 is 2.05 bits per heavy atom. The van der Waals surface area contributed by atoms with Crippen LogP contribution >= 0.6 is 0 Å². The molecule has 1 aromatic carbocycles. The lowest BCUT2D eigenvalue weighted by Crippen LogP contribution is -2.36. The van der Waals surface area contributed by atoms with E-state index < -0.39 is 11.1 Å². The van der Waals surface area contributed by atoms with Gasteiger partial charge < -0.3 is 19.6 Å².